The average molecular weight is 362 g/mol. The first-order valence-corrected chi connectivity index (χ1v) is 9.74. The van der Waals surface area contributed by atoms with Crippen LogP contribution in [0.1, 0.15) is 18.5 Å². The third kappa shape index (κ3) is 3.77. The van der Waals surface area contributed by atoms with Crippen LogP contribution >= 0.6 is 0 Å². The SMILES string of the molecule is CN(C)Cc1cn(C[C@H]2C[C@H]3CCN2C[C@@H]3C(=O)N2CCOCC2)nn1. The van der Waals surface area contributed by atoms with Gasteiger partial charge in [-0.05, 0) is 39.4 Å². The average Bonchev–Trinajstić information content (AvgIpc) is 3.08. The summed E-state index contributed by atoms with van der Waals surface area (Å²) in [6.45, 7) is 6.53. The number of aromatic nitrogens is 3. The van der Waals surface area contributed by atoms with E-state index in [2.05, 4.69) is 26.3 Å². The smallest absolute Gasteiger partial charge is 0.227 e. The minimum atomic E-state index is 0.165. The van der Waals surface area contributed by atoms with Crippen molar-refractivity contribution in [3.05, 3.63) is 11.9 Å². The summed E-state index contributed by atoms with van der Waals surface area (Å²) in [5.74, 6) is 1.01. The van der Waals surface area contributed by atoms with E-state index >= 15 is 0 Å². The van der Waals surface area contributed by atoms with E-state index < -0.39 is 0 Å². The highest BCUT2D eigenvalue weighted by molar-refractivity contribution is 5.79. The predicted molar refractivity (Wildman–Crippen MR) is 96.4 cm³/mol. The molecule has 0 N–H and O–H groups in total. The maximum absolute atomic E-state index is 12.9. The Hall–Kier alpha value is -1.51. The fourth-order valence-corrected chi connectivity index (χ4v) is 4.67. The van der Waals surface area contributed by atoms with Gasteiger partial charge in [0.15, 0.2) is 0 Å². The van der Waals surface area contributed by atoms with Crippen LogP contribution in [0.4, 0.5) is 0 Å². The summed E-state index contributed by atoms with van der Waals surface area (Å²) in [5.41, 5.74) is 1.01. The number of ether oxygens (including phenoxy) is 1. The molecular formula is C18H30N6O2. The van der Waals surface area contributed by atoms with Crippen LogP contribution in [0.2, 0.25) is 0 Å². The number of carbonyl (C=O) groups is 1. The second-order valence-corrected chi connectivity index (χ2v) is 8.15. The number of fused-ring (bicyclic) bond motifs is 3. The van der Waals surface area contributed by atoms with Crippen LogP contribution in [0.15, 0.2) is 6.20 Å². The Morgan fingerprint density at radius 1 is 1.31 bits per heavy atom. The van der Waals surface area contributed by atoms with Crippen LogP contribution in [-0.4, -0.2) is 95.1 Å². The van der Waals surface area contributed by atoms with Crippen LogP contribution in [0.3, 0.4) is 0 Å². The number of piperidine rings is 3. The molecule has 4 fully saturated rings. The Kier molecular flexibility index (Phi) is 5.24. The molecule has 0 saturated carbocycles. The number of hydrogen-bond donors (Lipinski definition) is 0. The second kappa shape index (κ2) is 7.62. The quantitative estimate of drug-likeness (QED) is 0.729. The van der Waals surface area contributed by atoms with E-state index in [1.165, 1.54) is 0 Å². The molecule has 1 amide bonds. The molecule has 0 aliphatic carbocycles. The van der Waals surface area contributed by atoms with Gasteiger partial charge in [0.25, 0.3) is 0 Å². The Bertz CT molecular complexity index is 627. The second-order valence-electron chi connectivity index (χ2n) is 8.15. The zero-order valence-corrected chi connectivity index (χ0v) is 15.9. The summed E-state index contributed by atoms with van der Waals surface area (Å²) in [6, 6.07) is 0.469. The minimum Gasteiger partial charge on any atom is -0.378 e. The van der Waals surface area contributed by atoms with Crippen molar-refractivity contribution < 1.29 is 9.53 Å². The van der Waals surface area contributed by atoms with Gasteiger partial charge in [0, 0.05) is 38.4 Å². The maximum atomic E-state index is 12.9. The highest BCUT2D eigenvalue weighted by Gasteiger charge is 2.44. The molecular weight excluding hydrogens is 332 g/mol. The molecule has 4 atom stereocenters. The topological polar surface area (TPSA) is 66.7 Å². The Morgan fingerprint density at radius 2 is 2.12 bits per heavy atom. The first-order chi connectivity index (χ1) is 12.6. The third-order valence-corrected chi connectivity index (χ3v) is 5.98. The van der Waals surface area contributed by atoms with E-state index in [1.807, 2.05) is 23.7 Å². The zero-order valence-electron chi connectivity index (χ0n) is 15.9. The molecule has 1 unspecified atom stereocenters. The van der Waals surface area contributed by atoms with Gasteiger partial charge in [-0.15, -0.1) is 5.10 Å². The van der Waals surface area contributed by atoms with Crippen LogP contribution in [-0.2, 0) is 22.6 Å². The van der Waals surface area contributed by atoms with Crippen LogP contribution in [0, 0.1) is 11.8 Å². The summed E-state index contributed by atoms with van der Waals surface area (Å²) >= 11 is 0. The van der Waals surface area contributed by atoms with E-state index in [4.69, 9.17) is 4.74 Å². The molecule has 4 aliphatic heterocycles. The molecule has 2 bridgehead atoms. The first kappa shape index (κ1) is 17.9. The van der Waals surface area contributed by atoms with Crippen LogP contribution in [0.25, 0.3) is 0 Å². The van der Waals surface area contributed by atoms with E-state index in [0.717, 1.165) is 57.8 Å². The largest absolute Gasteiger partial charge is 0.378 e. The van der Waals surface area contributed by atoms with Crippen molar-refractivity contribution >= 4 is 5.91 Å². The zero-order chi connectivity index (χ0) is 18.1. The molecule has 1 aromatic heterocycles. The van der Waals surface area contributed by atoms with Gasteiger partial charge in [-0.2, -0.15) is 0 Å². The molecule has 144 valence electrons. The molecule has 5 heterocycles. The molecule has 5 rings (SSSR count). The fraction of sp³-hybridized carbons (Fsp3) is 0.833. The van der Waals surface area contributed by atoms with Gasteiger partial charge in [0.2, 0.25) is 5.91 Å². The van der Waals surface area contributed by atoms with Crippen LogP contribution in [0.5, 0.6) is 0 Å². The molecule has 4 saturated heterocycles. The Morgan fingerprint density at radius 3 is 2.81 bits per heavy atom. The van der Waals surface area contributed by atoms with Crippen molar-refractivity contribution in [3.8, 4) is 0 Å². The van der Waals surface area contributed by atoms with Gasteiger partial charge < -0.3 is 14.5 Å². The molecule has 8 heteroatoms. The Labute approximate surface area is 155 Å². The summed E-state index contributed by atoms with van der Waals surface area (Å²) in [6.07, 6.45) is 4.28. The maximum Gasteiger partial charge on any atom is 0.227 e. The Balaban J connectivity index is 1.36. The highest BCUT2D eigenvalue weighted by Crippen LogP contribution is 2.37. The van der Waals surface area contributed by atoms with Crippen molar-refractivity contribution in [2.75, 3.05) is 53.5 Å². The summed E-state index contributed by atoms with van der Waals surface area (Å²) in [4.78, 5) is 19.5. The van der Waals surface area contributed by atoms with Gasteiger partial charge in [0.1, 0.15) is 0 Å². The van der Waals surface area contributed by atoms with Gasteiger partial charge in [-0.3, -0.25) is 14.4 Å². The molecule has 0 radical (unpaired) electrons. The van der Waals surface area contributed by atoms with E-state index in [9.17, 15) is 4.79 Å². The molecule has 8 nitrogen and oxygen atoms in total. The predicted octanol–water partition coefficient (Wildman–Crippen LogP) is -0.0911. The molecule has 26 heavy (non-hydrogen) atoms. The van der Waals surface area contributed by atoms with E-state index in [-0.39, 0.29) is 5.92 Å². The van der Waals surface area contributed by atoms with Crippen molar-refractivity contribution in [1.82, 2.24) is 29.7 Å². The van der Waals surface area contributed by atoms with Crippen LogP contribution < -0.4 is 0 Å². The number of carbonyl (C=O) groups excluding carboxylic acids is 1. The lowest BCUT2D eigenvalue weighted by atomic mass is 9.75. The summed E-state index contributed by atoms with van der Waals surface area (Å²) < 4.78 is 7.36. The van der Waals surface area contributed by atoms with E-state index in [1.54, 1.807) is 0 Å². The van der Waals surface area contributed by atoms with Crippen molar-refractivity contribution in [1.29, 1.82) is 0 Å². The normalized spacial score (nSPS) is 31.6. The lowest BCUT2D eigenvalue weighted by Crippen LogP contribution is -2.59. The number of amides is 1. The van der Waals surface area contributed by atoms with Gasteiger partial charge in [-0.25, -0.2) is 0 Å². The highest BCUT2D eigenvalue weighted by atomic mass is 16.5. The number of hydrogen-bond acceptors (Lipinski definition) is 6. The van der Waals surface area contributed by atoms with Crippen molar-refractivity contribution in [3.63, 3.8) is 0 Å². The lowest BCUT2D eigenvalue weighted by molar-refractivity contribution is -0.148. The number of nitrogens with zero attached hydrogens (tertiary/aromatic N) is 6. The van der Waals surface area contributed by atoms with Gasteiger partial charge >= 0.3 is 0 Å². The van der Waals surface area contributed by atoms with Gasteiger partial charge in [-0.1, -0.05) is 5.21 Å². The first-order valence-electron chi connectivity index (χ1n) is 9.74. The molecule has 0 spiro atoms. The molecule has 0 aromatic carbocycles. The summed E-state index contributed by atoms with van der Waals surface area (Å²) in [7, 11) is 4.08. The lowest BCUT2D eigenvalue weighted by Gasteiger charge is -2.50. The fourth-order valence-electron chi connectivity index (χ4n) is 4.67. The van der Waals surface area contributed by atoms with Crippen molar-refractivity contribution in [2.24, 2.45) is 11.8 Å². The standard InChI is InChI=1S/C18H30N6O2/c1-21(2)10-15-11-24(20-19-15)12-16-9-14-3-4-23(16)13-17(14)18(25)22-5-7-26-8-6-22/h11,14,16-17H,3-10,12-13H2,1-2H3/t14-,16-,17+/m1/s1. The summed E-state index contributed by atoms with van der Waals surface area (Å²) in [5, 5.41) is 8.57. The van der Waals surface area contributed by atoms with E-state index in [0.29, 0.717) is 31.1 Å². The molecule has 1 aromatic rings. The monoisotopic (exact) mass is 362 g/mol. The minimum absolute atomic E-state index is 0.165. The number of morpholine rings is 1. The van der Waals surface area contributed by atoms with Crippen molar-refractivity contribution in [2.45, 2.75) is 32.0 Å². The third-order valence-electron chi connectivity index (χ3n) is 5.98. The molecule has 4 aliphatic rings. The number of rotatable bonds is 5. The van der Waals surface area contributed by atoms with Gasteiger partial charge in [0.05, 0.1) is 31.4 Å².